The van der Waals surface area contributed by atoms with Gasteiger partial charge in [-0.1, -0.05) is 12.8 Å². The highest BCUT2D eigenvalue weighted by Gasteiger charge is 2.87. The molecule has 5 aliphatic carbocycles. The summed E-state index contributed by atoms with van der Waals surface area (Å²) in [5.41, 5.74) is 0.818. The molecule has 0 saturated heterocycles. The average molecular weight is 230 g/mol. The summed E-state index contributed by atoms with van der Waals surface area (Å²) in [7, 11) is 0. The Labute approximate surface area is 103 Å². The quantitative estimate of drug-likeness (QED) is 0.621. The van der Waals surface area contributed by atoms with E-state index < -0.39 is 0 Å². The van der Waals surface area contributed by atoms with Gasteiger partial charge in [-0.05, 0) is 67.6 Å². The van der Waals surface area contributed by atoms with Gasteiger partial charge in [0.25, 0.3) is 0 Å². The van der Waals surface area contributed by atoms with Gasteiger partial charge in [0.05, 0.1) is 0 Å². The maximum atomic E-state index is 12.7. The molecule has 1 heteroatoms. The van der Waals surface area contributed by atoms with Gasteiger partial charge in [-0.25, -0.2) is 0 Å². The molecule has 0 aromatic heterocycles. The lowest BCUT2D eigenvalue weighted by Gasteiger charge is -2.82. The van der Waals surface area contributed by atoms with Crippen molar-refractivity contribution >= 4 is 5.78 Å². The zero-order chi connectivity index (χ0) is 11.3. The second-order valence-corrected chi connectivity index (χ2v) is 7.47. The van der Waals surface area contributed by atoms with Crippen LogP contribution in [0.5, 0.6) is 0 Å². The van der Waals surface area contributed by atoms with Crippen LogP contribution in [0.25, 0.3) is 0 Å². The third-order valence-corrected chi connectivity index (χ3v) is 7.75. The van der Waals surface area contributed by atoms with Gasteiger partial charge in [-0.2, -0.15) is 0 Å². The zero-order valence-corrected chi connectivity index (χ0v) is 10.6. The maximum absolute atomic E-state index is 12.7. The van der Waals surface area contributed by atoms with E-state index in [1.54, 1.807) is 0 Å². The number of carbonyl (C=O) groups is 1. The molecular formula is C16H22O. The van der Waals surface area contributed by atoms with Crippen LogP contribution < -0.4 is 0 Å². The minimum absolute atomic E-state index is 0.258. The Morgan fingerprint density at radius 3 is 2.06 bits per heavy atom. The Morgan fingerprint density at radius 1 is 0.824 bits per heavy atom. The van der Waals surface area contributed by atoms with Gasteiger partial charge >= 0.3 is 0 Å². The average Bonchev–Trinajstić information content (AvgIpc) is 2.91. The SMILES string of the molecule is O=C1CCCC23[C@@H]4CCC[C@@H]4C12[C@H]1CCC[C@@H]13. The summed E-state index contributed by atoms with van der Waals surface area (Å²) in [4.78, 5) is 12.7. The van der Waals surface area contributed by atoms with E-state index in [-0.39, 0.29) is 5.41 Å². The molecule has 17 heavy (non-hydrogen) atoms. The van der Waals surface area contributed by atoms with E-state index in [0.717, 1.165) is 35.9 Å². The van der Waals surface area contributed by atoms with Crippen LogP contribution in [0.2, 0.25) is 0 Å². The third kappa shape index (κ3) is 0.679. The van der Waals surface area contributed by atoms with E-state index in [0.29, 0.717) is 5.41 Å². The Balaban J connectivity index is 1.70. The Morgan fingerprint density at radius 2 is 1.41 bits per heavy atom. The first-order valence-corrected chi connectivity index (χ1v) is 7.87. The van der Waals surface area contributed by atoms with Crippen molar-refractivity contribution in [3.8, 4) is 0 Å². The van der Waals surface area contributed by atoms with Crippen molar-refractivity contribution in [2.24, 2.45) is 34.5 Å². The van der Waals surface area contributed by atoms with Gasteiger partial charge in [0.1, 0.15) is 5.78 Å². The summed E-state index contributed by atoms with van der Waals surface area (Å²) in [6.07, 6.45) is 12.1. The normalized spacial score (nSPS) is 62.9. The fraction of sp³-hybridized carbons (Fsp3) is 0.938. The fourth-order valence-electron chi connectivity index (χ4n) is 7.90. The lowest BCUT2D eigenvalue weighted by atomic mass is 9.20. The van der Waals surface area contributed by atoms with Crippen LogP contribution in [-0.4, -0.2) is 5.78 Å². The highest BCUT2D eigenvalue weighted by atomic mass is 16.1. The molecule has 0 aromatic rings. The number of rotatable bonds is 0. The first-order valence-electron chi connectivity index (χ1n) is 7.87. The maximum Gasteiger partial charge on any atom is 0.140 e. The third-order valence-electron chi connectivity index (χ3n) is 7.75. The van der Waals surface area contributed by atoms with Gasteiger partial charge < -0.3 is 0 Å². The predicted molar refractivity (Wildman–Crippen MR) is 65.4 cm³/mol. The summed E-state index contributed by atoms with van der Waals surface area (Å²) in [5, 5.41) is 0. The standard InChI is InChI=1S/C16H22O/c17-14-8-3-9-15-10-4-1-6-12(10)16(14,15)13-7-2-5-11(13)15/h10-13H,1-9H2/t10-,11+,12-,13-,15?,16?/m0/s1. The van der Waals surface area contributed by atoms with Crippen molar-refractivity contribution in [2.75, 3.05) is 0 Å². The van der Waals surface area contributed by atoms with E-state index in [9.17, 15) is 4.79 Å². The molecule has 0 amide bonds. The van der Waals surface area contributed by atoms with Crippen LogP contribution in [0.4, 0.5) is 0 Å². The van der Waals surface area contributed by atoms with E-state index in [2.05, 4.69) is 0 Å². The van der Waals surface area contributed by atoms with Crippen LogP contribution >= 0.6 is 0 Å². The van der Waals surface area contributed by atoms with E-state index in [1.807, 2.05) is 0 Å². The van der Waals surface area contributed by atoms with Crippen LogP contribution in [0, 0.1) is 34.5 Å². The monoisotopic (exact) mass is 230 g/mol. The molecule has 0 bridgehead atoms. The molecule has 5 rings (SSSR count). The number of carbonyl (C=O) groups excluding carboxylic acids is 1. The van der Waals surface area contributed by atoms with Crippen molar-refractivity contribution in [3.05, 3.63) is 0 Å². The minimum Gasteiger partial charge on any atom is -0.299 e. The molecule has 5 fully saturated rings. The Bertz CT molecular complexity index is 388. The summed E-state index contributed by atoms with van der Waals surface area (Å²) in [6, 6.07) is 0. The van der Waals surface area contributed by atoms with Gasteiger partial charge in [-0.3, -0.25) is 4.79 Å². The molecule has 0 aromatic carbocycles. The lowest BCUT2D eigenvalue weighted by Crippen LogP contribution is -2.82. The van der Waals surface area contributed by atoms with Crippen molar-refractivity contribution in [1.82, 2.24) is 0 Å². The molecule has 0 radical (unpaired) electrons. The summed E-state index contributed by atoms with van der Waals surface area (Å²) < 4.78 is 0. The molecule has 5 aliphatic rings. The molecule has 0 heterocycles. The van der Waals surface area contributed by atoms with Crippen LogP contribution in [0.1, 0.15) is 57.8 Å². The van der Waals surface area contributed by atoms with Crippen LogP contribution in [0.3, 0.4) is 0 Å². The van der Waals surface area contributed by atoms with E-state index >= 15 is 0 Å². The smallest absolute Gasteiger partial charge is 0.140 e. The molecule has 5 saturated carbocycles. The number of fused-ring (bicyclic) bond motifs is 2. The van der Waals surface area contributed by atoms with Crippen LogP contribution in [0.15, 0.2) is 0 Å². The van der Waals surface area contributed by atoms with Gasteiger partial charge in [0, 0.05) is 11.8 Å². The zero-order valence-electron chi connectivity index (χ0n) is 10.6. The largest absolute Gasteiger partial charge is 0.299 e. The molecular weight excluding hydrogens is 208 g/mol. The first kappa shape index (κ1) is 9.58. The first-order chi connectivity index (χ1) is 8.33. The predicted octanol–water partition coefficient (Wildman–Crippen LogP) is 3.57. The summed E-state index contributed by atoms with van der Waals surface area (Å²) in [6.45, 7) is 0. The number of hydrogen-bond acceptors (Lipinski definition) is 1. The van der Waals surface area contributed by atoms with Crippen molar-refractivity contribution in [2.45, 2.75) is 57.8 Å². The summed E-state index contributed by atoms with van der Waals surface area (Å²) >= 11 is 0. The Kier molecular flexibility index (Phi) is 1.49. The molecule has 92 valence electrons. The van der Waals surface area contributed by atoms with Crippen molar-refractivity contribution in [3.63, 3.8) is 0 Å². The van der Waals surface area contributed by atoms with Gasteiger partial charge in [0.15, 0.2) is 0 Å². The van der Waals surface area contributed by atoms with E-state index in [4.69, 9.17) is 0 Å². The second-order valence-electron chi connectivity index (χ2n) is 7.47. The van der Waals surface area contributed by atoms with Gasteiger partial charge in [0.2, 0.25) is 0 Å². The van der Waals surface area contributed by atoms with Crippen molar-refractivity contribution < 1.29 is 4.79 Å². The fourth-order valence-corrected chi connectivity index (χ4v) is 7.90. The number of ketones is 1. The molecule has 0 N–H and O–H groups in total. The molecule has 0 spiro atoms. The molecule has 0 aliphatic heterocycles. The van der Waals surface area contributed by atoms with E-state index in [1.165, 1.54) is 51.4 Å². The lowest BCUT2D eigenvalue weighted by molar-refractivity contribution is -0.339. The van der Waals surface area contributed by atoms with Crippen LogP contribution in [-0.2, 0) is 4.79 Å². The highest BCUT2D eigenvalue weighted by molar-refractivity contribution is 5.91. The second kappa shape index (κ2) is 2.65. The topological polar surface area (TPSA) is 17.1 Å². The van der Waals surface area contributed by atoms with Gasteiger partial charge in [-0.15, -0.1) is 0 Å². The Hall–Kier alpha value is -0.330. The summed E-state index contributed by atoms with van der Waals surface area (Å²) in [5.74, 6) is 4.36. The number of Topliss-reactive ketones (excluding diaryl/α,β-unsaturated/α-hetero) is 1. The molecule has 6 atom stereocenters. The highest BCUT2D eigenvalue weighted by Crippen LogP contribution is 2.89. The molecule has 2 unspecified atom stereocenters. The van der Waals surface area contributed by atoms with Crippen molar-refractivity contribution in [1.29, 1.82) is 0 Å². The molecule has 1 nitrogen and oxygen atoms in total. The number of hydrogen-bond donors (Lipinski definition) is 0. The minimum atomic E-state index is 0.258.